The highest BCUT2D eigenvalue weighted by Crippen LogP contribution is 2.13. The largest absolute Gasteiger partial charge is 0.286 e. The molecule has 1 heteroatoms. The second-order valence-corrected chi connectivity index (χ2v) is 4.81. The molecule has 0 amide bonds. The summed E-state index contributed by atoms with van der Waals surface area (Å²) >= 11 is 0. The summed E-state index contributed by atoms with van der Waals surface area (Å²) in [5.74, 6) is 0.846. The number of rotatable bonds is 9. The Hall–Kier alpha value is -0.590. The third-order valence-electron chi connectivity index (χ3n) is 2.66. The van der Waals surface area contributed by atoms with Crippen LogP contribution in [0.5, 0.6) is 0 Å². The van der Waals surface area contributed by atoms with Gasteiger partial charge in [0.25, 0.3) is 0 Å². The van der Waals surface area contributed by atoms with Crippen LogP contribution in [0.1, 0.15) is 65.7 Å². The number of allylic oxidation sites excluding steroid dienone is 2. The predicted octanol–water partition coefficient (Wildman–Crippen LogP) is 4.43. The number of hydrogen-bond donors (Lipinski definition) is 0. The van der Waals surface area contributed by atoms with Crippen molar-refractivity contribution >= 4 is 6.29 Å². The van der Waals surface area contributed by atoms with E-state index in [2.05, 4.69) is 13.8 Å². The molecule has 0 fully saturated rings. The molecule has 0 aliphatic rings. The number of unbranched alkanes of at least 4 members (excludes halogenated alkanes) is 4. The zero-order valence-corrected chi connectivity index (χ0v) is 10.5. The SMILES string of the molecule is CC(=C[C]=O)CCCCCCCC(C)C. The van der Waals surface area contributed by atoms with Gasteiger partial charge in [-0.25, -0.2) is 0 Å². The van der Waals surface area contributed by atoms with E-state index in [1.165, 1.54) is 38.5 Å². The molecule has 0 aliphatic heterocycles. The lowest BCUT2D eigenvalue weighted by atomic mass is 10.0. The molecule has 0 saturated heterocycles. The van der Waals surface area contributed by atoms with Crippen LogP contribution in [0, 0.1) is 5.92 Å². The van der Waals surface area contributed by atoms with E-state index in [-0.39, 0.29) is 0 Å². The fourth-order valence-corrected chi connectivity index (χ4v) is 1.66. The summed E-state index contributed by atoms with van der Waals surface area (Å²) in [6.07, 6.45) is 12.4. The Bertz CT molecular complexity index is 180. The van der Waals surface area contributed by atoms with Crippen LogP contribution in [0.4, 0.5) is 0 Å². The van der Waals surface area contributed by atoms with E-state index in [9.17, 15) is 4.79 Å². The molecule has 0 saturated carbocycles. The van der Waals surface area contributed by atoms with Gasteiger partial charge in [0.1, 0.15) is 0 Å². The van der Waals surface area contributed by atoms with Crippen molar-refractivity contribution < 1.29 is 4.79 Å². The maximum Gasteiger partial charge on any atom is 0.225 e. The lowest BCUT2D eigenvalue weighted by Gasteiger charge is -2.04. The Morgan fingerprint density at radius 2 is 1.73 bits per heavy atom. The second-order valence-electron chi connectivity index (χ2n) is 4.81. The van der Waals surface area contributed by atoms with Crippen molar-refractivity contribution in [3.05, 3.63) is 11.6 Å². The molecule has 0 rings (SSSR count). The Labute approximate surface area is 95.0 Å². The van der Waals surface area contributed by atoms with Crippen molar-refractivity contribution in [1.82, 2.24) is 0 Å². The molecule has 0 heterocycles. The summed E-state index contributed by atoms with van der Waals surface area (Å²) in [5.41, 5.74) is 1.16. The van der Waals surface area contributed by atoms with Gasteiger partial charge in [0.15, 0.2) is 0 Å². The average molecular weight is 209 g/mol. The molecule has 0 aromatic rings. The van der Waals surface area contributed by atoms with E-state index < -0.39 is 0 Å². The van der Waals surface area contributed by atoms with Crippen molar-refractivity contribution in [2.45, 2.75) is 65.7 Å². The van der Waals surface area contributed by atoms with Crippen LogP contribution < -0.4 is 0 Å². The predicted molar refractivity (Wildman–Crippen MR) is 66.6 cm³/mol. The van der Waals surface area contributed by atoms with Gasteiger partial charge in [0.05, 0.1) is 0 Å². The molecule has 0 bridgehead atoms. The van der Waals surface area contributed by atoms with Crippen LogP contribution in [-0.4, -0.2) is 6.29 Å². The van der Waals surface area contributed by atoms with Crippen LogP contribution in [0.15, 0.2) is 11.6 Å². The molecule has 0 aliphatic carbocycles. The second kappa shape index (κ2) is 9.95. The van der Waals surface area contributed by atoms with Crippen molar-refractivity contribution in [3.63, 3.8) is 0 Å². The number of carbonyl (C=O) groups excluding carboxylic acids is 1. The Morgan fingerprint density at radius 3 is 2.33 bits per heavy atom. The smallest absolute Gasteiger partial charge is 0.225 e. The van der Waals surface area contributed by atoms with Crippen molar-refractivity contribution in [3.8, 4) is 0 Å². The molecule has 87 valence electrons. The van der Waals surface area contributed by atoms with Gasteiger partial charge < -0.3 is 0 Å². The standard InChI is InChI=1S/C14H25O/c1-13(2)9-7-5-4-6-8-10-14(3)11-12-15/h11,13H,4-10H2,1-3H3. The fraction of sp³-hybridized carbons (Fsp3) is 0.786. The van der Waals surface area contributed by atoms with Crippen molar-refractivity contribution in [1.29, 1.82) is 0 Å². The van der Waals surface area contributed by atoms with E-state index in [0.717, 1.165) is 17.9 Å². The minimum Gasteiger partial charge on any atom is -0.286 e. The first kappa shape index (κ1) is 14.4. The summed E-state index contributed by atoms with van der Waals surface area (Å²) in [4.78, 5) is 10.1. The molecule has 0 aromatic heterocycles. The summed E-state index contributed by atoms with van der Waals surface area (Å²) in [6, 6.07) is 0. The highest BCUT2D eigenvalue weighted by Gasteiger charge is 1.95. The highest BCUT2D eigenvalue weighted by molar-refractivity contribution is 5.66. The van der Waals surface area contributed by atoms with Gasteiger partial charge in [-0.1, -0.05) is 51.5 Å². The zero-order valence-electron chi connectivity index (χ0n) is 10.5. The lowest BCUT2D eigenvalue weighted by molar-refractivity contribution is 0.515. The molecule has 1 radical (unpaired) electrons. The molecule has 0 unspecified atom stereocenters. The molecule has 0 spiro atoms. The maximum atomic E-state index is 10.1. The maximum absolute atomic E-state index is 10.1. The van der Waals surface area contributed by atoms with Gasteiger partial charge >= 0.3 is 0 Å². The average Bonchev–Trinajstić information content (AvgIpc) is 2.16. The molecular weight excluding hydrogens is 184 g/mol. The van der Waals surface area contributed by atoms with Crippen LogP contribution in [0.2, 0.25) is 0 Å². The summed E-state index contributed by atoms with van der Waals surface area (Å²) < 4.78 is 0. The minimum absolute atomic E-state index is 0.846. The molecule has 0 aromatic carbocycles. The van der Waals surface area contributed by atoms with E-state index in [1.54, 1.807) is 6.08 Å². The van der Waals surface area contributed by atoms with Gasteiger partial charge in [0.2, 0.25) is 6.29 Å². The summed E-state index contributed by atoms with van der Waals surface area (Å²) in [7, 11) is 0. The van der Waals surface area contributed by atoms with Crippen LogP contribution in [0.25, 0.3) is 0 Å². The first-order chi connectivity index (χ1) is 7.16. The molecular formula is C14H25O. The van der Waals surface area contributed by atoms with Gasteiger partial charge in [-0.05, 0) is 31.8 Å². The van der Waals surface area contributed by atoms with Gasteiger partial charge in [-0.15, -0.1) is 0 Å². The monoisotopic (exact) mass is 209 g/mol. The van der Waals surface area contributed by atoms with E-state index in [0.29, 0.717) is 0 Å². The van der Waals surface area contributed by atoms with Crippen molar-refractivity contribution in [2.24, 2.45) is 5.92 Å². The Balaban J connectivity index is 3.18. The zero-order chi connectivity index (χ0) is 11.5. The lowest BCUT2D eigenvalue weighted by Crippen LogP contribution is -1.87. The quantitative estimate of drug-likeness (QED) is 0.405. The van der Waals surface area contributed by atoms with E-state index in [4.69, 9.17) is 0 Å². The third kappa shape index (κ3) is 11.3. The highest BCUT2D eigenvalue weighted by atomic mass is 16.1. The van der Waals surface area contributed by atoms with Crippen LogP contribution in [-0.2, 0) is 4.79 Å². The topological polar surface area (TPSA) is 17.1 Å². The molecule has 0 atom stereocenters. The van der Waals surface area contributed by atoms with E-state index >= 15 is 0 Å². The third-order valence-corrected chi connectivity index (χ3v) is 2.66. The number of hydrogen-bond acceptors (Lipinski definition) is 1. The summed E-state index contributed by atoms with van der Waals surface area (Å²) in [5, 5.41) is 0. The Morgan fingerprint density at radius 1 is 1.13 bits per heavy atom. The van der Waals surface area contributed by atoms with Gasteiger partial charge in [-0.2, -0.15) is 0 Å². The Kier molecular flexibility index (Phi) is 9.55. The van der Waals surface area contributed by atoms with E-state index in [1.807, 2.05) is 13.2 Å². The molecule has 15 heavy (non-hydrogen) atoms. The van der Waals surface area contributed by atoms with Gasteiger partial charge in [0, 0.05) is 0 Å². The van der Waals surface area contributed by atoms with Gasteiger partial charge in [-0.3, -0.25) is 4.79 Å². The normalized spacial score (nSPS) is 12.1. The minimum atomic E-state index is 0.846. The fourth-order valence-electron chi connectivity index (χ4n) is 1.66. The van der Waals surface area contributed by atoms with Crippen LogP contribution in [0.3, 0.4) is 0 Å². The first-order valence-corrected chi connectivity index (χ1v) is 6.20. The first-order valence-electron chi connectivity index (χ1n) is 6.20. The molecule has 0 N–H and O–H groups in total. The van der Waals surface area contributed by atoms with Crippen molar-refractivity contribution in [2.75, 3.05) is 0 Å². The molecule has 1 nitrogen and oxygen atoms in total. The van der Waals surface area contributed by atoms with Crippen LogP contribution >= 0.6 is 0 Å². The summed E-state index contributed by atoms with van der Waals surface area (Å²) in [6.45, 7) is 6.57.